The van der Waals surface area contributed by atoms with Gasteiger partial charge in [0.25, 0.3) is 0 Å². The van der Waals surface area contributed by atoms with Crippen LogP contribution in [0.1, 0.15) is 12.0 Å². The number of rotatable bonds is 6. The first-order valence-corrected chi connectivity index (χ1v) is 12.6. The van der Waals surface area contributed by atoms with Crippen molar-refractivity contribution in [3.05, 3.63) is 64.2 Å². The minimum Gasteiger partial charge on any atom is -0.481 e. The summed E-state index contributed by atoms with van der Waals surface area (Å²) >= 11 is 15.2. The van der Waals surface area contributed by atoms with E-state index in [4.69, 9.17) is 23.2 Å². The van der Waals surface area contributed by atoms with E-state index in [1.54, 1.807) is 29.2 Å². The van der Waals surface area contributed by atoms with Gasteiger partial charge in [0.15, 0.2) is 4.34 Å². The number of aromatic nitrogens is 1. The van der Waals surface area contributed by atoms with Gasteiger partial charge >= 0.3 is 5.97 Å². The third-order valence-corrected chi connectivity index (χ3v) is 9.00. The summed E-state index contributed by atoms with van der Waals surface area (Å²) in [7, 11) is 0. The predicted octanol–water partition coefficient (Wildman–Crippen LogP) is 6.36. The highest BCUT2D eigenvalue weighted by Crippen LogP contribution is 2.48. The number of carboxylic acids is 1. The topological polar surface area (TPSA) is 79.3 Å². The van der Waals surface area contributed by atoms with Gasteiger partial charge in [-0.2, -0.15) is 0 Å². The molecule has 5 nitrogen and oxygen atoms in total. The van der Waals surface area contributed by atoms with Crippen molar-refractivity contribution in [3.63, 3.8) is 0 Å². The molecule has 9 heteroatoms. The summed E-state index contributed by atoms with van der Waals surface area (Å²) < 4.78 is 1.88. The van der Waals surface area contributed by atoms with E-state index in [-0.39, 0.29) is 17.7 Å². The fraction of sp³-hybridized carbons (Fsp3) is 0.261. The number of fused-ring (bicyclic) bond motifs is 3. The summed E-state index contributed by atoms with van der Waals surface area (Å²) in [5, 5.41) is 13.6. The van der Waals surface area contributed by atoms with Crippen LogP contribution in [0.4, 0.5) is 5.69 Å². The number of thiazole rings is 1. The highest BCUT2D eigenvalue weighted by atomic mass is 35.5. The molecule has 1 aromatic heterocycles. The fourth-order valence-electron chi connectivity index (χ4n) is 4.56. The second-order valence-corrected chi connectivity index (χ2v) is 11.1. The van der Waals surface area contributed by atoms with E-state index in [9.17, 15) is 14.7 Å². The number of allylic oxidation sites excluding steroid dienone is 2. The van der Waals surface area contributed by atoms with Crippen molar-refractivity contribution in [2.75, 3.05) is 5.32 Å². The van der Waals surface area contributed by atoms with E-state index in [0.29, 0.717) is 21.5 Å². The van der Waals surface area contributed by atoms with Crippen molar-refractivity contribution in [2.24, 2.45) is 23.7 Å². The maximum absolute atomic E-state index is 12.9. The molecule has 5 rings (SSSR count). The van der Waals surface area contributed by atoms with Crippen LogP contribution in [0.25, 0.3) is 10.2 Å². The van der Waals surface area contributed by atoms with Crippen molar-refractivity contribution in [1.82, 2.24) is 4.98 Å². The Hall–Kier alpha value is -2.06. The van der Waals surface area contributed by atoms with Gasteiger partial charge in [0.05, 0.1) is 32.1 Å². The zero-order valence-electron chi connectivity index (χ0n) is 16.6. The minimum atomic E-state index is -0.899. The number of carboxylic acid groups (broad SMARTS) is 1. The van der Waals surface area contributed by atoms with Crippen LogP contribution in [0.2, 0.25) is 10.0 Å². The highest BCUT2D eigenvalue weighted by Gasteiger charge is 2.51. The van der Waals surface area contributed by atoms with Gasteiger partial charge in [-0.3, -0.25) is 9.59 Å². The Morgan fingerprint density at radius 3 is 2.62 bits per heavy atom. The molecule has 164 valence electrons. The zero-order chi connectivity index (χ0) is 22.4. The van der Waals surface area contributed by atoms with Crippen LogP contribution < -0.4 is 5.32 Å². The molecule has 2 aliphatic rings. The van der Waals surface area contributed by atoms with Crippen LogP contribution in [-0.4, -0.2) is 22.0 Å². The van der Waals surface area contributed by atoms with E-state index < -0.39 is 17.8 Å². The van der Waals surface area contributed by atoms with E-state index in [2.05, 4.69) is 10.3 Å². The molecule has 1 heterocycles. The Bertz CT molecular complexity index is 1260. The number of nitrogens with zero attached hydrogens (tertiary/aromatic N) is 1. The molecule has 1 saturated carbocycles. The fourth-order valence-corrected chi connectivity index (χ4v) is 6.93. The van der Waals surface area contributed by atoms with Gasteiger partial charge < -0.3 is 10.4 Å². The number of aliphatic carboxylic acids is 1. The van der Waals surface area contributed by atoms with Gasteiger partial charge in [-0.25, -0.2) is 4.98 Å². The number of hydrogen-bond acceptors (Lipinski definition) is 5. The molecule has 0 aliphatic heterocycles. The highest BCUT2D eigenvalue weighted by molar-refractivity contribution is 8.00. The lowest BCUT2D eigenvalue weighted by Crippen LogP contribution is -2.36. The molecule has 2 N–H and O–H groups in total. The van der Waals surface area contributed by atoms with Crippen LogP contribution in [0.15, 0.2) is 52.9 Å². The number of anilines is 1. The number of halogens is 2. The number of amides is 1. The molecule has 2 aromatic carbocycles. The molecule has 1 amide bonds. The smallest absolute Gasteiger partial charge is 0.307 e. The predicted molar refractivity (Wildman–Crippen MR) is 130 cm³/mol. The molecule has 4 atom stereocenters. The Kier molecular flexibility index (Phi) is 5.92. The average molecular weight is 505 g/mol. The maximum atomic E-state index is 12.9. The molecule has 0 radical (unpaired) electrons. The van der Waals surface area contributed by atoms with Crippen molar-refractivity contribution in [3.8, 4) is 0 Å². The Morgan fingerprint density at radius 2 is 1.88 bits per heavy atom. The average Bonchev–Trinajstić information content (AvgIpc) is 3.48. The zero-order valence-corrected chi connectivity index (χ0v) is 19.8. The number of carbonyl (C=O) groups excluding carboxylic acids is 1. The van der Waals surface area contributed by atoms with Gasteiger partial charge in [0.1, 0.15) is 0 Å². The molecule has 0 spiro atoms. The standard InChI is InChI=1S/C23H18Cl2N2O3S2/c24-15-5-1-11(7-16(15)25)10-31-23-27-17-6-4-14(9-18(17)32-23)26-21(28)19-12-2-3-13(8-12)20(19)22(29)30/h1-7,9,12-13,19-20H,8,10H2,(H,26,28)(H,29,30)/t12-,13-,19+,20-/m0/s1. The molecular weight excluding hydrogens is 487 g/mol. The number of thioether (sulfide) groups is 1. The Balaban J connectivity index is 1.28. The van der Waals surface area contributed by atoms with Gasteiger partial charge in [0, 0.05) is 11.4 Å². The summed E-state index contributed by atoms with van der Waals surface area (Å²) in [6, 6.07) is 11.2. The monoisotopic (exact) mass is 504 g/mol. The van der Waals surface area contributed by atoms with Crippen molar-refractivity contribution < 1.29 is 14.7 Å². The summed E-state index contributed by atoms with van der Waals surface area (Å²) in [5.41, 5.74) is 2.57. The SMILES string of the molecule is O=C(O)[C@@H]1[C@H](C(=O)Nc2ccc3nc(SCc4ccc(Cl)c(Cl)c4)sc3c2)[C@H]2C=C[C@H]1C2. The third-order valence-electron chi connectivity index (χ3n) is 6.03. The molecule has 32 heavy (non-hydrogen) atoms. The van der Waals surface area contributed by atoms with Gasteiger partial charge in [-0.15, -0.1) is 11.3 Å². The van der Waals surface area contributed by atoms with E-state index in [1.165, 1.54) is 0 Å². The Labute approximate surface area is 202 Å². The maximum Gasteiger partial charge on any atom is 0.307 e. The normalized spacial score (nSPS) is 23.7. The number of benzene rings is 2. The van der Waals surface area contributed by atoms with Crippen LogP contribution in [0.3, 0.4) is 0 Å². The molecule has 0 unspecified atom stereocenters. The summed E-state index contributed by atoms with van der Waals surface area (Å²) in [6.07, 6.45) is 4.66. The molecule has 0 saturated heterocycles. The first kappa shape index (κ1) is 21.8. The van der Waals surface area contributed by atoms with Gasteiger partial charge in [-0.1, -0.05) is 53.2 Å². The first-order valence-electron chi connectivity index (χ1n) is 10.1. The third kappa shape index (κ3) is 4.15. The second-order valence-electron chi connectivity index (χ2n) is 8.03. The van der Waals surface area contributed by atoms with Crippen LogP contribution in [0.5, 0.6) is 0 Å². The molecule has 3 aromatic rings. The number of nitrogens with one attached hydrogen (secondary N) is 1. The van der Waals surface area contributed by atoms with Crippen LogP contribution >= 0.6 is 46.3 Å². The van der Waals surface area contributed by atoms with Crippen LogP contribution in [-0.2, 0) is 15.3 Å². The van der Waals surface area contributed by atoms with E-state index >= 15 is 0 Å². The summed E-state index contributed by atoms with van der Waals surface area (Å²) in [5.74, 6) is -1.64. The van der Waals surface area contributed by atoms with Crippen LogP contribution in [0, 0.1) is 23.7 Å². The summed E-state index contributed by atoms with van der Waals surface area (Å²) in [4.78, 5) is 29.3. The lowest BCUT2D eigenvalue weighted by molar-refractivity contribution is -0.146. The number of hydrogen-bond donors (Lipinski definition) is 2. The molecule has 2 aliphatic carbocycles. The second kappa shape index (κ2) is 8.71. The lowest BCUT2D eigenvalue weighted by Gasteiger charge is -2.23. The minimum absolute atomic E-state index is 0.00221. The Morgan fingerprint density at radius 1 is 1.09 bits per heavy atom. The largest absolute Gasteiger partial charge is 0.481 e. The molecule has 2 bridgehead atoms. The van der Waals surface area contributed by atoms with Crippen molar-refractivity contribution in [1.29, 1.82) is 0 Å². The van der Waals surface area contributed by atoms with Crippen molar-refractivity contribution in [2.45, 2.75) is 16.5 Å². The van der Waals surface area contributed by atoms with Crippen molar-refractivity contribution >= 4 is 74.1 Å². The molecular formula is C23H18Cl2N2O3S2. The van der Waals surface area contributed by atoms with E-state index in [0.717, 1.165) is 26.5 Å². The van der Waals surface area contributed by atoms with Gasteiger partial charge in [0.2, 0.25) is 5.91 Å². The van der Waals surface area contributed by atoms with E-state index in [1.807, 2.05) is 42.5 Å². The summed E-state index contributed by atoms with van der Waals surface area (Å²) in [6.45, 7) is 0. The van der Waals surface area contributed by atoms with Gasteiger partial charge in [-0.05, 0) is 54.2 Å². The molecule has 1 fully saturated rings. The lowest BCUT2D eigenvalue weighted by atomic mass is 9.82. The number of carbonyl (C=O) groups is 2. The first-order chi connectivity index (χ1) is 15.4. The quantitative estimate of drug-likeness (QED) is 0.301.